The maximum atomic E-state index is 11.3. The van der Waals surface area contributed by atoms with Crippen molar-refractivity contribution >= 4 is 5.97 Å². The Hall–Kier alpha value is -1.36. The summed E-state index contributed by atoms with van der Waals surface area (Å²) in [4.78, 5) is 13.7. The Kier molecular flexibility index (Phi) is 4.96. The molecule has 0 aromatic carbocycles. The molecular weight excluding hydrogens is 242 g/mol. The van der Waals surface area contributed by atoms with Gasteiger partial charge in [0.05, 0.1) is 7.11 Å². The van der Waals surface area contributed by atoms with E-state index in [1.807, 2.05) is 10.9 Å². The van der Waals surface area contributed by atoms with Crippen LogP contribution in [0.15, 0.2) is 12.3 Å². The number of aromatic nitrogens is 2. The van der Waals surface area contributed by atoms with Gasteiger partial charge in [-0.1, -0.05) is 0 Å². The van der Waals surface area contributed by atoms with Gasteiger partial charge in [-0.2, -0.15) is 5.10 Å². The molecule has 5 nitrogen and oxygen atoms in total. The summed E-state index contributed by atoms with van der Waals surface area (Å²) in [7, 11) is 3.57. The number of nitrogens with zero attached hydrogens (tertiary/aromatic N) is 3. The summed E-state index contributed by atoms with van der Waals surface area (Å²) in [6, 6.07) is 1.71. The van der Waals surface area contributed by atoms with Gasteiger partial charge in [0, 0.05) is 12.7 Å². The van der Waals surface area contributed by atoms with Crippen molar-refractivity contribution < 1.29 is 9.53 Å². The number of hydrogen-bond donors (Lipinski definition) is 0. The SMILES string of the molecule is COC(=O)c1ccn(CCCC2CCN(C)CC2)n1. The highest BCUT2D eigenvalue weighted by Gasteiger charge is 2.16. The maximum Gasteiger partial charge on any atom is 0.358 e. The second-order valence-electron chi connectivity index (χ2n) is 5.34. The van der Waals surface area contributed by atoms with Gasteiger partial charge in [-0.25, -0.2) is 4.79 Å². The van der Waals surface area contributed by atoms with Crippen LogP contribution in [0, 0.1) is 5.92 Å². The first-order chi connectivity index (χ1) is 9.19. The molecule has 2 rings (SSSR count). The highest BCUT2D eigenvalue weighted by molar-refractivity contribution is 5.86. The van der Waals surface area contributed by atoms with Crippen LogP contribution >= 0.6 is 0 Å². The lowest BCUT2D eigenvalue weighted by molar-refractivity contribution is 0.0593. The van der Waals surface area contributed by atoms with E-state index in [1.165, 1.54) is 39.5 Å². The molecule has 1 aliphatic heterocycles. The van der Waals surface area contributed by atoms with Crippen LogP contribution in [-0.4, -0.2) is 47.9 Å². The van der Waals surface area contributed by atoms with E-state index < -0.39 is 0 Å². The first kappa shape index (κ1) is 14.1. The minimum absolute atomic E-state index is 0.367. The summed E-state index contributed by atoms with van der Waals surface area (Å²) in [5.41, 5.74) is 0.391. The van der Waals surface area contributed by atoms with Gasteiger partial charge >= 0.3 is 5.97 Å². The molecule has 1 saturated heterocycles. The van der Waals surface area contributed by atoms with Crippen LogP contribution in [0.4, 0.5) is 0 Å². The van der Waals surface area contributed by atoms with Gasteiger partial charge < -0.3 is 9.64 Å². The highest BCUT2D eigenvalue weighted by Crippen LogP contribution is 2.21. The van der Waals surface area contributed by atoms with Gasteiger partial charge in [-0.3, -0.25) is 4.68 Å². The Bertz CT molecular complexity index is 409. The van der Waals surface area contributed by atoms with E-state index >= 15 is 0 Å². The van der Waals surface area contributed by atoms with Crippen LogP contribution in [-0.2, 0) is 11.3 Å². The minimum Gasteiger partial charge on any atom is -0.464 e. The number of piperidine rings is 1. The van der Waals surface area contributed by atoms with Crippen LogP contribution in [0.25, 0.3) is 0 Å². The molecule has 0 atom stereocenters. The van der Waals surface area contributed by atoms with E-state index in [2.05, 4.69) is 21.8 Å². The van der Waals surface area contributed by atoms with Crippen molar-refractivity contribution in [3.63, 3.8) is 0 Å². The fourth-order valence-corrected chi connectivity index (χ4v) is 2.59. The molecule has 0 amide bonds. The number of hydrogen-bond acceptors (Lipinski definition) is 4. The zero-order valence-electron chi connectivity index (χ0n) is 11.8. The lowest BCUT2D eigenvalue weighted by Gasteiger charge is -2.28. The Balaban J connectivity index is 1.71. The molecule has 1 fully saturated rings. The van der Waals surface area contributed by atoms with E-state index in [0.29, 0.717) is 5.69 Å². The first-order valence-corrected chi connectivity index (χ1v) is 6.99. The van der Waals surface area contributed by atoms with Crippen molar-refractivity contribution in [3.05, 3.63) is 18.0 Å². The minimum atomic E-state index is -0.367. The van der Waals surface area contributed by atoms with Gasteiger partial charge in [0.15, 0.2) is 5.69 Å². The number of aryl methyl sites for hydroxylation is 1. The predicted molar refractivity (Wildman–Crippen MR) is 73.0 cm³/mol. The lowest BCUT2D eigenvalue weighted by Crippen LogP contribution is -2.30. The summed E-state index contributed by atoms with van der Waals surface area (Å²) in [6.45, 7) is 3.32. The van der Waals surface area contributed by atoms with Crippen LogP contribution in [0.5, 0.6) is 0 Å². The quantitative estimate of drug-likeness (QED) is 0.762. The fraction of sp³-hybridized carbons (Fsp3) is 0.714. The molecule has 19 heavy (non-hydrogen) atoms. The third-order valence-electron chi connectivity index (χ3n) is 3.87. The van der Waals surface area contributed by atoms with Crippen LogP contribution < -0.4 is 0 Å². The number of carbonyl (C=O) groups excluding carboxylic acids is 1. The molecule has 0 bridgehead atoms. The molecule has 5 heteroatoms. The smallest absolute Gasteiger partial charge is 0.358 e. The van der Waals surface area contributed by atoms with Gasteiger partial charge in [0.1, 0.15) is 0 Å². The molecule has 0 radical (unpaired) electrons. The predicted octanol–water partition coefficient (Wildman–Crippen LogP) is 1.79. The number of esters is 1. The number of ether oxygens (including phenoxy) is 1. The number of carbonyl (C=O) groups is 1. The third-order valence-corrected chi connectivity index (χ3v) is 3.87. The van der Waals surface area contributed by atoms with E-state index in [1.54, 1.807) is 6.07 Å². The standard InChI is InChI=1S/C14H23N3O2/c1-16-9-5-12(6-10-16)4-3-8-17-11-7-13(15-17)14(18)19-2/h7,11-12H,3-6,8-10H2,1-2H3. The van der Waals surface area contributed by atoms with Gasteiger partial charge in [0.2, 0.25) is 0 Å². The van der Waals surface area contributed by atoms with Crippen LogP contribution in [0.1, 0.15) is 36.2 Å². The Morgan fingerprint density at radius 2 is 2.21 bits per heavy atom. The Labute approximate surface area is 114 Å². The second kappa shape index (κ2) is 6.70. The van der Waals surface area contributed by atoms with Crippen molar-refractivity contribution in [2.75, 3.05) is 27.2 Å². The van der Waals surface area contributed by atoms with Crippen molar-refractivity contribution in [3.8, 4) is 0 Å². The molecule has 106 valence electrons. The zero-order valence-corrected chi connectivity index (χ0v) is 11.8. The highest BCUT2D eigenvalue weighted by atomic mass is 16.5. The number of rotatable bonds is 5. The average Bonchev–Trinajstić information content (AvgIpc) is 2.89. The monoisotopic (exact) mass is 265 g/mol. The molecule has 0 N–H and O–H groups in total. The van der Waals surface area contributed by atoms with Crippen molar-refractivity contribution in [2.45, 2.75) is 32.2 Å². The van der Waals surface area contributed by atoms with Gasteiger partial charge in [-0.15, -0.1) is 0 Å². The molecule has 1 aromatic heterocycles. The molecular formula is C14H23N3O2. The average molecular weight is 265 g/mol. The molecule has 0 saturated carbocycles. The fourth-order valence-electron chi connectivity index (χ4n) is 2.59. The Morgan fingerprint density at radius 3 is 2.89 bits per heavy atom. The normalized spacial score (nSPS) is 17.6. The summed E-state index contributed by atoms with van der Waals surface area (Å²) in [5.74, 6) is 0.487. The van der Waals surface area contributed by atoms with E-state index in [-0.39, 0.29) is 5.97 Å². The summed E-state index contributed by atoms with van der Waals surface area (Å²) < 4.78 is 6.47. The van der Waals surface area contributed by atoms with E-state index in [9.17, 15) is 4.79 Å². The topological polar surface area (TPSA) is 47.4 Å². The number of methoxy groups -OCH3 is 1. The van der Waals surface area contributed by atoms with Gasteiger partial charge in [-0.05, 0) is 57.8 Å². The third kappa shape index (κ3) is 4.06. The van der Waals surface area contributed by atoms with E-state index in [0.717, 1.165) is 18.9 Å². The molecule has 0 unspecified atom stereocenters. The van der Waals surface area contributed by atoms with Crippen LogP contribution in [0.3, 0.4) is 0 Å². The molecule has 2 heterocycles. The largest absolute Gasteiger partial charge is 0.464 e. The maximum absolute atomic E-state index is 11.3. The first-order valence-electron chi connectivity index (χ1n) is 6.99. The van der Waals surface area contributed by atoms with Crippen molar-refractivity contribution in [1.82, 2.24) is 14.7 Å². The molecule has 0 spiro atoms. The molecule has 0 aliphatic carbocycles. The van der Waals surface area contributed by atoms with Crippen molar-refractivity contribution in [1.29, 1.82) is 0 Å². The molecule has 1 aliphatic rings. The Morgan fingerprint density at radius 1 is 1.47 bits per heavy atom. The van der Waals surface area contributed by atoms with E-state index in [4.69, 9.17) is 0 Å². The summed E-state index contributed by atoms with van der Waals surface area (Å²) in [5, 5.41) is 4.21. The zero-order chi connectivity index (χ0) is 13.7. The van der Waals surface area contributed by atoms with Gasteiger partial charge in [0.25, 0.3) is 0 Å². The summed E-state index contributed by atoms with van der Waals surface area (Å²) >= 11 is 0. The second-order valence-corrected chi connectivity index (χ2v) is 5.34. The molecule has 1 aromatic rings. The summed E-state index contributed by atoms with van der Waals surface area (Å²) in [6.07, 6.45) is 6.84. The lowest BCUT2D eigenvalue weighted by atomic mass is 9.92. The van der Waals surface area contributed by atoms with Crippen molar-refractivity contribution in [2.24, 2.45) is 5.92 Å². The number of likely N-dealkylation sites (tertiary alicyclic amines) is 1. The van der Waals surface area contributed by atoms with Crippen LogP contribution in [0.2, 0.25) is 0 Å².